The molecule has 0 aliphatic carbocycles. The first kappa shape index (κ1) is 41.9. The number of ether oxygens (including phenoxy) is 6. The van der Waals surface area contributed by atoms with Crippen LogP contribution in [-0.4, -0.2) is 226 Å². The third kappa shape index (κ3) is 9.64. The molecule has 15 N–H and O–H groups in total. The van der Waals surface area contributed by atoms with E-state index in [0.717, 1.165) is 0 Å². The van der Waals surface area contributed by atoms with E-state index in [1.54, 1.807) is 18.2 Å². The molecule has 294 valence electrons. The standard InChI is InChI=1S/C29H48N2O20/c32-6-11(37)24(16(38)10(36)5-31-15-3-1-2-4-30-15)49-28-22(44)19(41)26(13(8-34)47-28)51-29-23(45)20(42)25(14(9-35)48-29)50-27-21(43)18(40)17(39)12(7-33)46-27/h1-4,10-14,16-29,32-45H,5-9H2,(H,30,31)/t10-,11+,12+,13+,14+,16+,17+,18-,19+,20+,21+,22+,23+,24+,25+,26+,27+,28+,29+/m0/s1. The van der Waals surface area contributed by atoms with Crippen molar-refractivity contribution in [3.05, 3.63) is 24.4 Å². The van der Waals surface area contributed by atoms with Crippen LogP contribution in [0.2, 0.25) is 0 Å². The summed E-state index contributed by atoms with van der Waals surface area (Å²) in [4.78, 5) is 4.01. The largest absolute Gasteiger partial charge is 0.394 e. The first-order valence-electron chi connectivity index (χ1n) is 16.1. The van der Waals surface area contributed by atoms with Crippen molar-refractivity contribution < 1.29 is 99.9 Å². The van der Waals surface area contributed by atoms with Crippen LogP contribution in [-0.2, 0) is 28.4 Å². The molecule has 19 atom stereocenters. The molecule has 4 rings (SSSR count). The Balaban J connectivity index is 1.41. The van der Waals surface area contributed by atoms with Crippen LogP contribution in [0.3, 0.4) is 0 Å². The average molecular weight is 745 g/mol. The molecule has 51 heavy (non-hydrogen) atoms. The topological polar surface area (TPSA) is 364 Å². The molecule has 3 saturated heterocycles. The van der Waals surface area contributed by atoms with Crippen molar-refractivity contribution in [2.24, 2.45) is 0 Å². The summed E-state index contributed by atoms with van der Waals surface area (Å²) in [6, 6.07) is 4.89. The van der Waals surface area contributed by atoms with Crippen LogP contribution >= 0.6 is 0 Å². The molecule has 3 fully saturated rings. The van der Waals surface area contributed by atoms with Crippen molar-refractivity contribution in [3.8, 4) is 0 Å². The van der Waals surface area contributed by atoms with Crippen molar-refractivity contribution >= 4 is 5.82 Å². The van der Waals surface area contributed by atoms with Gasteiger partial charge in [0.2, 0.25) is 0 Å². The van der Waals surface area contributed by atoms with Crippen LogP contribution in [0, 0.1) is 0 Å². The molecular weight excluding hydrogens is 696 g/mol. The highest BCUT2D eigenvalue weighted by Gasteiger charge is 2.54. The van der Waals surface area contributed by atoms with Crippen molar-refractivity contribution in [3.63, 3.8) is 0 Å². The van der Waals surface area contributed by atoms with Gasteiger partial charge in [0.05, 0.1) is 32.5 Å². The molecule has 1 aromatic heterocycles. The molecule has 0 saturated carbocycles. The van der Waals surface area contributed by atoms with E-state index >= 15 is 0 Å². The van der Waals surface area contributed by atoms with Gasteiger partial charge in [0.15, 0.2) is 18.9 Å². The molecule has 0 aromatic carbocycles. The highest BCUT2D eigenvalue weighted by Crippen LogP contribution is 2.33. The van der Waals surface area contributed by atoms with Gasteiger partial charge in [0.1, 0.15) is 97.4 Å². The number of hydrogen-bond acceptors (Lipinski definition) is 22. The van der Waals surface area contributed by atoms with Crippen LogP contribution in [0.4, 0.5) is 5.82 Å². The molecule has 0 radical (unpaired) electrons. The van der Waals surface area contributed by atoms with Crippen LogP contribution < -0.4 is 5.32 Å². The minimum atomic E-state index is -2.07. The zero-order valence-electron chi connectivity index (χ0n) is 27.0. The second kappa shape index (κ2) is 19.0. The van der Waals surface area contributed by atoms with Crippen LogP contribution in [0.5, 0.6) is 0 Å². The average Bonchev–Trinajstić information content (AvgIpc) is 3.14. The number of pyridine rings is 1. The summed E-state index contributed by atoms with van der Waals surface area (Å²) in [5, 5.41) is 148. The van der Waals surface area contributed by atoms with Gasteiger partial charge in [0.25, 0.3) is 0 Å². The summed E-state index contributed by atoms with van der Waals surface area (Å²) in [5.74, 6) is 0.344. The quantitative estimate of drug-likeness (QED) is 0.0747. The van der Waals surface area contributed by atoms with Gasteiger partial charge in [-0.3, -0.25) is 0 Å². The molecule has 0 unspecified atom stereocenters. The Labute approximate surface area is 290 Å². The Morgan fingerprint density at radius 1 is 0.627 bits per heavy atom. The van der Waals surface area contributed by atoms with Gasteiger partial charge in [-0.25, -0.2) is 4.98 Å². The SMILES string of the molecule is OC[C@@H](O)[C@@H](O[C@H]1O[C@H](CO)[C@@H](O[C@H]2O[C@H](CO)[C@@H](O[C@H]3O[C@H](CO)[C@@H](O)[C@H](O)[C@H]3O)[C@H](O)[C@H]2O)[C@H](O)[C@H]1O)[C@H](O)[C@@H](O)CNc1ccccn1. The molecular formula is C29H48N2O20. The Kier molecular flexibility index (Phi) is 15.6. The first-order valence-corrected chi connectivity index (χ1v) is 16.1. The summed E-state index contributed by atoms with van der Waals surface area (Å²) in [5.41, 5.74) is 0. The van der Waals surface area contributed by atoms with Gasteiger partial charge in [-0.05, 0) is 12.1 Å². The number of aromatic nitrogens is 1. The lowest BCUT2D eigenvalue weighted by molar-refractivity contribution is -0.383. The van der Waals surface area contributed by atoms with Crippen LogP contribution in [0.15, 0.2) is 24.4 Å². The minimum absolute atomic E-state index is 0.305. The smallest absolute Gasteiger partial charge is 0.187 e. The fraction of sp³-hybridized carbons (Fsp3) is 0.828. The third-order valence-electron chi connectivity index (χ3n) is 8.82. The second-order valence-electron chi connectivity index (χ2n) is 12.3. The van der Waals surface area contributed by atoms with Gasteiger partial charge in [-0.2, -0.15) is 0 Å². The molecule has 1 aromatic rings. The summed E-state index contributed by atoms with van der Waals surface area (Å²) in [7, 11) is 0. The van der Waals surface area contributed by atoms with Crippen molar-refractivity contribution in [1.29, 1.82) is 0 Å². The Morgan fingerprint density at radius 3 is 1.65 bits per heavy atom. The zero-order chi connectivity index (χ0) is 37.6. The van der Waals surface area contributed by atoms with Gasteiger partial charge in [0, 0.05) is 12.7 Å². The summed E-state index contributed by atoms with van der Waals surface area (Å²) < 4.78 is 33.0. The minimum Gasteiger partial charge on any atom is -0.394 e. The number of aliphatic hydroxyl groups excluding tert-OH is 14. The van der Waals surface area contributed by atoms with E-state index in [1.807, 2.05) is 0 Å². The lowest BCUT2D eigenvalue weighted by Crippen LogP contribution is -2.67. The van der Waals surface area contributed by atoms with Crippen molar-refractivity contribution in [2.45, 2.75) is 117 Å². The summed E-state index contributed by atoms with van der Waals surface area (Å²) in [6.07, 6.45) is -32.9. The van der Waals surface area contributed by atoms with E-state index in [0.29, 0.717) is 5.82 Å². The van der Waals surface area contributed by atoms with Crippen LogP contribution in [0.25, 0.3) is 0 Å². The van der Waals surface area contributed by atoms with Crippen molar-refractivity contribution in [2.75, 3.05) is 38.3 Å². The number of anilines is 1. The van der Waals surface area contributed by atoms with Gasteiger partial charge >= 0.3 is 0 Å². The zero-order valence-corrected chi connectivity index (χ0v) is 27.0. The highest BCUT2D eigenvalue weighted by atomic mass is 16.8. The molecule has 22 heteroatoms. The van der Waals surface area contributed by atoms with E-state index in [1.165, 1.54) is 6.20 Å². The maximum atomic E-state index is 11.0. The van der Waals surface area contributed by atoms with E-state index in [4.69, 9.17) is 28.4 Å². The van der Waals surface area contributed by atoms with E-state index < -0.39 is 143 Å². The van der Waals surface area contributed by atoms with E-state index in [2.05, 4.69) is 10.3 Å². The van der Waals surface area contributed by atoms with Gasteiger partial charge < -0.3 is 105 Å². The second-order valence-corrected chi connectivity index (χ2v) is 12.3. The highest BCUT2D eigenvalue weighted by molar-refractivity contribution is 5.33. The first-order chi connectivity index (χ1) is 24.3. The van der Waals surface area contributed by atoms with Crippen molar-refractivity contribution in [1.82, 2.24) is 4.98 Å². The van der Waals surface area contributed by atoms with E-state index in [9.17, 15) is 71.5 Å². The number of nitrogens with one attached hydrogen (secondary N) is 1. The summed E-state index contributed by atoms with van der Waals surface area (Å²) in [6.45, 7) is -3.91. The van der Waals surface area contributed by atoms with Crippen LogP contribution in [0.1, 0.15) is 0 Å². The molecule has 22 nitrogen and oxygen atoms in total. The normalized spacial score (nSPS) is 41.4. The Hall–Kier alpha value is -1.85. The molecule has 0 spiro atoms. The number of aliphatic hydroxyl groups is 14. The number of nitrogens with zero attached hydrogens (tertiary/aromatic N) is 1. The maximum Gasteiger partial charge on any atom is 0.187 e. The molecule has 0 bridgehead atoms. The third-order valence-corrected chi connectivity index (χ3v) is 8.82. The number of rotatable bonds is 16. The lowest BCUT2D eigenvalue weighted by atomic mass is 9.96. The molecule has 4 heterocycles. The maximum absolute atomic E-state index is 11.0. The predicted octanol–water partition coefficient (Wildman–Crippen LogP) is -8.60. The fourth-order valence-electron chi connectivity index (χ4n) is 5.83. The monoisotopic (exact) mass is 744 g/mol. The van der Waals surface area contributed by atoms with Gasteiger partial charge in [-0.1, -0.05) is 6.07 Å². The molecule has 3 aliphatic heterocycles. The molecule has 0 amide bonds. The van der Waals surface area contributed by atoms with Gasteiger partial charge in [-0.15, -0.1) is 0 Å². The summed E-state index contributed by atoms with van der Waals surface area (Å²) >= 11 is 0. The predicted molar refractivity (Wildman–Crippen MR) is 162 cm³/mol. The Morgan fingerprint density at radius 2 is 1.14 bits per heavy atom. The Bertz CT molecular complexity index is 1160. The fourth-order valence-corrected chi connectivity index (χ4v) is 5.83. The lowest BCUT2D eigenvalue weighted by Gasteiger charge is -2.48. The molecule has 3 aliphatic rings. The van der Waals surface area contributed by atoms with E-state index in [-0.39, 0.29) is 6.54 Å². The number of hydrogen-bond donors (Lipinski definition) is 15.